The topological polar surface area (TPSA) is 38.7 Å². The highest BCUT2D eigenvalue weighted by Crippen LogP contribution is 2.08. The minimum atomic E-state index is -0.396. The van der Waals surface area contributed by atoms with E-state index in [0.717, 1.165) is 30.5 Å². The number of carbonyl (C=O) groups excluding carboxylic acids is 1. The van der Waals surface area contributed by atoms with Crippen LogP contribution in [0.4, 0.5) is 0 Å². The normalized spacial score (nSPS) is 11.8. The van der Waals surface area contributed by atoms with Gasteiger partial charge in [-0.15, -0.1) is 0 Å². The fourth-order valence-corrected chi connectivity index (χ4v) is 1.50. The van der Waals surface area contributed by atoms with E-state index in [0.29, 0.717) is 0 Å². The average molecular weight is 245 g/mol. The third-order valence-corrected chi connectivity index (χ3v) is 2.34. The van der Waals surface area contributed by atoms with Crippen molar-refractivity contribution in [3.05, 3.63) is 48.0 Å². The first-order valence-electron chi connectivity index (χ1n) is 6.19. The van der Waals surface area contributed by atoms with E-state index in [9.17, 15) is 4.79 Å². The van der Waals surface area contributed by atoms with Crippen LogP contribution in [0.2, 0.25) is 0 Å². The molecular formula is C15H19NO2. The maximum atomic E-state index is 10.8. The second-order valence-corrected chi connectivity index (χ2v) is 3.91. The van der Waals surface area contributed by atoms with Crippen LogP contribution in [0.3, 0.4) is 0 Å². The number of allylic oxidation sites excluding steroid dienone is 2. The molecule has 0 spiro atoms. The van der Waals surface area contributed by atoms with Gasteiger partial charge in [0.25, 0.3) is 0 Å². The van der Waals surface area contributed by atoms with E-state index in [2.05, 4.69) is 24.2 Å². The van der Waals surface area contributed by atoms with E-state index in [4.69, 9.17) is 4.84 Å². The minimum Gasteiger partial charge on any atom is -0.318 e. The Bertz CT molecular complexity index is 421. The highest BCUT2D eigenvalue weighted by atomic mass is 16.7. The van der Waals surface area contributed by atoms with Crippen LogP contribution in [0.5, 0.6) is 0 Å². The van der Waals surface area contributed by atoms with Gasteiger partial charge >= 0.3 is 5.97 Å². The molecule has 3 heteroatoms. The quantitative estimate of drug-likeness (QED) is 0.332. The SMILES string of the molecule is CC/C=C\CC/C(=N/OC(C)=O)c1ccccc1. The van der Waals surface area contributed by atoms with Gasteiger partial charge < -0.3 is 4.84 Å². The number of oxime groups is 1. The van der Waals surface area contributed by atoms with Crippen LogP contribution < -0.4 is 0 Å². The standard InChI is InChI=1S/C15H19NO2/c1-3-4-5-9-12-15(16-18-13(2)17)14-10-7-6-8-11-14/h4-8,10-11H,3,9,12H2,1-2H3/b5-4-,16-15-. The molecule has 0 aliphatic heterocycles. The van der Waals surface area contributed by atoms with Gasteiger partial charge in [0.2, 0.25) is 0 Å². The van der Waals surface area contributed by atoms with Crippen LogP contribution in [-0.4, -0.2) is 11.7 Å². The van der Waals surface area contributed by atoms with Gasteiger partial charge in [-0.05, 0) is 24.8 Å². The monoisotopic (exact) mass is 245 g/mol. The van der Waals surface area contributed by atoms with Gasteiger partial charge in [-0.2, -0.15) is 0 Å². The molecule has 0 fully saturated rings. The molecule has 1 aromatic rings. The predicted octanol–water partition coefficient (Wildman–Crippen LogP) is 3.70. The van der Waals surface area contributed by atoms with Gasteiger partial charge in [-0.1, -0.05) is 54.6 Å². The molecule has 0 aliphatic rings. The van der Waals surface area contributed by atoms with Crippen molar-refractivity contribution in [2.45, 2.75) is 33.1 Å². The van der Waals surface area contributed by atoms with Crippen molar-refractivity contribution in [2.75, 3.05) is 0 Å². The van der Waals surface area contributed by atoms with Crippen molar-refractivity contribution in [1.29, 1.82) is 0 Å². The summed E-state index contributed by atoms with van der Waals surface area (Å²) in [6.07, 6.45) is 6.92. The molecule has 1 rings (SSSR count). The van der Waals surface area contributed by atoms with Crippen LogP contribution in [0.25, 0.3) is 0 Å². The van der Waals surface area contributed by atoms with Gasteiger partial charge in [0.1, 0.15) is 0 Å². The zero-order valence-corrected chi connectivity index (χ0v) is 10.9. The largest absolute Gasteiger partial charge is 0.331 e. The zero-order valence-electron chi connectivity index (χ0n) is 10.9. The van der Waals surface area contributed by atoms with Crippen LogP contribution in [0, 0.1) is 0 Å². The molecule has 0 saturated heterocycles. The van der Waals surface area contributed by atoms with Gasteiger partial charge in [-0.25, -0.2) is 4.79 Å². The maximum absolute atomic E-state index is 10.8. The van der Waals surface area contributed by atoms with Gasteiger partial charge in [0, 0.05) is 6.92 Å². The van der Waals surface area contributed by atoms with E-state index in [1.807, 2.05) is 30.3 Å². The molecular weight excluding hydrogens is 226 g/mol. The van der Waals surface area contributed by atoms with E-state index in [1.54, 1.807) is 0 Å². The predicted molar refractivity (Wildman–Crippen MR) is 73.4 cm³/mol. The van der Waals surface area contributed by atoms with E-state index in [1.165, 1.54) is 6.92 Å². The molecule has 96 valence electrons. The van der Waals surface area contributed by atoms with Gasteiger partial charge in [-0.3, -0.25) is 0 Å². The summed E-state index contributed by atoms with van der Waals surface area (Å²) in [5, 5.41) is 3.92. The van der Waals surface area contributed by atoms with Crippen molar-refractivity contribution in [2.24, 2.45) is 5.16 Å². The van der Waals surface area contributed by atoms with E-state index in [-0.39, 0.29) is 0 Å². The highest BCUT2D eigenvalue weighted by Gasteiger charge is 2.04. The molecule has 1 aromatic carbocycles. The number of rotatable bonds is 6. The molecule has 18 heavy (non-hydrogen) atoms. The van der Waals surface area contributed by atoms with Crippen molar-refractivity contribution in [3.8, 4) is 0 Å². The maximum Gasteiger partial charge on any atom is 0.331 e. The molecule has 0 unspecified atom stereocenters. The van der Waals surface area contributed by atoms with E-state index < -0.39 is 5.97 Å². The molecule has 0 N–H and O–H groups in total. The lowest BCUT2D eigenvalue weighted by molar-refractivity contribution is -0.140. The van der Waals surface area contributed by atoms with Crippen LogP contribution in [-0.2, 0) is 9.63 Å². The number of carbonyl (C=O) groups is 1. The first-order valence-corrected chi connectivity index (χ1v) is 6.19. The number of hydrogen-bond acceptors (Lipinski definition) is 3. The summed E-state index contributed by atoms with van der Waals surface area (Å²) in [4.78, 5) is 15.6. The van der Waals surface area contributed by atoms with Crippen molar-refractivity contribution in [1.82, 2.24) is 0 Å². The Morgan fingerprint density at radius 3 is 2.61 bits per heavy atom. The molecule has 0 radical (unpaired) electrons. The lowest BCUT2D eigenvalue weighted by Crippen LogP contribution is -2.03. The number of benzene rings is 1. The molecule has 0 heterocycles. The smallest absolute Gasteiger partial charge is 0.318 e. The summed E-state index contributed by atoms with van der Waals surface area (Å²) in [6.45, 7) is 3.45. The summed E-state index contributed by atoms with van der Waals surface area (Å²) < 4.78 is 0. The second-order valence-electron chi connectivity index (χ2n) is 3.91. The number of hydrogen-bond donors (Lipinski definition) is 0. The summed E-state index contributed by atoms with van der Waals surface area (Å²) >= 11 is 0. The Labute approximate surface area is 108 Å². The average Bonchev–Trinajstić information content (AvgIpc) is 2.38. The van der Waals surface area contributed by atoms with Crippen molar-refractivity contribution in [3.63, 3.8) is 0 Å². The molecule has 0 aromatic heterocycles. The third-order valence-electron chi connectivity index (χ3n) is 2.34. The molecule has 0 bridgehead atoms. The molecule has 0 amide bonds. The Morgan fingerprint density at radius 2 is 2.00 bits per heavy atom. The molecule has 0 saturated carbocycles. The lowest BCUT2D eigenvalue weighted by atomic mass is 10.1. The van der Waals surface area contributed by atoms with Gasteiger partial charge in [0.05, 0.1) is 5.71 Å². The molecule has 3 nitrogen and oxygen atoms in total. The van der Waals surface area contributed by atoms with Crippen molar-refractivity contribution < 1.29 is 9.63 Å². The zero-order chi connectivity index (χ0) is 13.2. The highest BCUT2D eigenvalue weighted by molar-refractivity contribution is 6.00. The first-order chi connectivity index (χ1) is 8.74. The number of nitrogens with zero attached hydrogens (tertiary/aromatic N) is 1. The fourth-order valence-electron chi connectivity index (χ4n) is 1.50. The second kappa shape index (κ2) is 8.23. The molecule has 0 atom stereocenters. The summed E-state index contributed by atoms with van der Waals surface area (Å²) in [6, 6.07) is 9.77. The van der Waals surface area contributed by atoms with Gasteiger partial charge in [0.15, 0.2) is 0 Å². The van der Waals surface area contributed by atoms with E-state index >= 15 is 0 Å². The Kier molecular flexibility index (Phi) is 6.47. The Balaban J connectivity index is 2.72. The third kappa shape index (κ3) is 5.43. The molecule has 0 aliphatic carbocycles. The summed E-state index contributed by atoms with van der Waals surface area (Å²) in [5.74, 6) is -0.396. The lowest BCUT2D eigenvalue weighted by Gasteiger charge is -2.04. The fraction of sp³-hybridized carbons (Fsp3) is 0.333. The minimum absolute atomic E-state index is 0.396. The van der Waals surface area contributed by atoms with Crippen LogP contribution in [0.15, 0.2) is 47.6 Å². The van der Waals surface area contributed by atoms with Crippen LogP contribution in [0.1, 0.15) is 38.7 Å². The summed E-state index contributed by atoms with van der Waals surface area (Å²) in [7, 11) is 0. The summed E-state index contributed by atoms with van der Waals surface area (Å²) in [5.41, 5.74) is 1.79. The van der Waals surface area contributed by atoms with Crippen LogP contribution >= 0.6 is 0 Å². The van der Waals surface area contributed by atoms with Crippen molar-refractivity contribution >= 4 is 11.7 Å². The first kappa shape index (κ1) is 14.2. The Hall–Kier alpha value is -1.90. The Morgan fingerprint density at radius 1 is 1.28 bits per heavy atom.